The second-order valence-corrected chi connectivity index (χ2v) is 7.27. The van der Waals surface area contributed by atoms with Crippen LogP contribution in [0.5, 0.6) is 5.75 Å². The van der Waals surface area contributed by atoms with Gasteiger partial charge in [0.2, 0.25) is 10.0 Å². The van der Waals surface area contributed by atoms with Crippen LogP contribution in [0.15, 0.2) is 52.5 Å². The summed E-state index contributed by atoms with van der Waals surface area (Å²) in [5.74, 6) is 0.929. The number of nitrogens with zero attached hydrogens (tertiary/aromatic N) is 1. The highest BCUT2D eigenvalue weighted by molar-refractivity contribution is 7.99. The Hall–Kier alpha value is -1.78. The van der Waals surface area contributed by atoms with E-state index in [4.69, 9.17) is 9.88 Å². The predicted molar refractivity (Wildman–Crippen MR) is 83.3 cm³/mol. The number of primary sulfonamides is 1. The second-order valence-electron chi connectivity index (χ2n) is 4.60. The quantitative estimate of drug-likeness (QED) is 0.617. The largest absolute Gasteiger partial charge is 0.493 e. The van der Waals surface area contributed by atoms with Gasteiger partial charge in [-0.15, -0.1) is 11.8 Å². The van der Waals surface area contributed by atoms with Crippen LogP contribution >= 0.6 is 11.8 Å². The lowest BCUT2D eigenvalue weighted by Crippen LogP contribution is -2.11. The molecule has 0 aliphatic rings. The van der Waals surface area contributed by atoms with Gasteiger partial charge in [0.05, 0.1) is 22.1 Å². The third-order valence-electron chi connectivity index (χ3n) is 2.82. The maximum Gasteiger partial charge on any atom is 0.417 e. The van der Waals surface area contributed by atoms with Crippen molar-refractivity contribution >= 4 is 21.8 Å². The highest BCUT2D eigenvalue weighted by atomic mass is 32.2. The molecule has 0 aliphatic carbocycles. The number of pyridine rings is 1. The van der Waals surface area contributed by atoms with Gasteiger partial charge in [-0.3, -0.25) is 0 Å². The number of sulfonamides is 1. The third kappa shape index (κ3) is 5.39. The van der Waals surface area contributed by atoms with Crippen molar-refractivity contribution in [1.82, 2.24) is 4.98 Å². The van der Waals surface area contributed by atoms with E-state index in [0.29, 0.717) is 16.5 Å². The number of alkyl halides is 3. The van der Waals surface area contributed by atoms with Gasteiger partial charge in [-0.1, -0.05) is 0 Å². The van der Waals surface area contributed by atoms with Crippen LogP contribution in [0.25, 0.3) is 0 Å². The molecule has 2 aromatic rings. The minimum atomic E-state index is -4.40. The molecule has 5 nitrogen and oxygen atoms in total. The first kappa shape index (κ1) is 18.6. The van der Waals surface area contributed by atoms with E-state index in [2.05, 4.69) is 4.98 Å². The van der Waals surface area contributed by atoms with Crippen molar-refractivity contribution in [3.05, 3.63) is 48.2 Å². The average molecular weight is 378 g/mol. The van der Waals surface area contributed by atoms with Crippen LogP contribution in [0, 0.1) is 0 Å². The normalized spacial score (nSPS) is 12.2. The maximum absolute atomic E-state index is 12.4. The van der Waals surface area contributed by atoms with Gasteiger partial charge in [0.1, 0.15) is 5.75 Å². The fourth-order valence-corrected chi connectivity index (χ4v) is 2.85. The van der Waals surface area contributed by atoms with Crippen molar-refractivity contribution in [1.29, 1.82) is 0 Å². The van der Waals surface area contributed by atoms with E-state index in [-0.39, 0.29) is 11.5 Å². The first-order valence-corrected chi connectivity index (χ1v) is 9.11. The van der Waals surface area contributed by atoms with E-state index >= 15 is 0 Å². The molecule has 2 N–H and O–H groups in total. The molecule has 1 heterocycles. The van der Waals surface area contributed by atoms with Gasteiger partial charge in [-0.25, -0.2) is 18.5 Å². The van der Waals surface area contributed by atoms with Crippen LogP contribution in [0.4, 0.5) is 13.2 Å². The van der Waals surface area contributed by atoms with E-state index in [0.717, 1.165) is 12.3 Å². The molecular formula is C14H13F3N2O3S2. The summed E-state index contributed by atoms with van der Waals surface area (Å²) in [7, 11) is -3.74. The number of ether oxygens (including phenoxy) is 1. The van der Waals surface area contributed by atoms with Gasteiger partial charge in [-0.05, 0) is 36.4 Å². The monoisotopic (exact) mass is 378 g/mol. The molecule has 0 radical (unpaired) electrons. The summed E-state index contributed by atoms with van der Waals surface area (Å²) in [5, 5.41) is 5.44. The number of halogens is 3. The van der Waals surface area contributed by atoms with Gasteiger partial charge in [0.25, 0.3) is 0 Å². The molecule has 0 unspecified atom stereocenters. The highest BCUT2D eigenvalue weighted by Gasteiger charge is 2.30. The zero-order chi connectivity index (χ0) is 17.8. The number of aromatic nitrogens is 1. The fraction of sp³-hybridized carbons (Fsp3) is 0.214. The van der Waals surface area contributed by atoms with Crippen LogP contribution in [0.2, 0.25) is 0 Å². The summed E-state index contributed by atoms with van der Waals surface area (Å²) in [5.41, 5.74) is -0.793. The van der Waals surface area contributed by atoms with E-state index in [1.54, 1.807) is 0 Å². The van der Waals surface area contributed by atoms with Gasteiger partial charge < -0.3 is 4.74 Å². The average Bonchev–Trinajstić information content (AvgIpc) is 2.51. The number of hydrogen-bond acceptors (Lipinski definition) is 5. The van der Waals surface area contributed by atoms with Gasteiger partial charge in [-0.2, -0.15) is 13.2 Å². The minimum Gasteiger partial charge on any atom is -0.493 e. The van der Waals surface area contributed by atoms with Crippen LogP contribution in [-0.4, -0.2) is 25.8 Å². The topological polar surface area (TPSA) is 82.3 Å². The van der Waals surface area contributed by atoms with Crippen molar-refractivity contribution in [2.75, 3.05) is 12.4 Å². The molecule has 0 saturated heterocycles. The van der Waals surface area contributed by atoms with E-state index in [1.165, 1.54) is 42.1 Å². The van der Waals surface area contributed by atoms with Crippen molar-refractivity contribution < 1.29 is 26.3 Å². The molecule has 130 valence electrons. The third-order valence-corrected chi connectivity index (χ3v) is 4.66. The lowest BCUT2D eigenvalue weighted by atomic mass is 10.3. The second kappa shape index (κ2) is 7.41. The van der Waals surface area contributed by atoms with Crippen LogP contribution in [0.3, 0.4) is 0 Å². The van der Waals surface area contributed by atoms with Crippen LogP contribution in [0.1, 0.15) is 5.56 Å². The van der Waals surface area contributed by atoms with Gasteiger partial charge >= 0.3 is 6.18 Å². The zero-order valence-electron chi connectivity index (χ0n) is 12.2. The molecule has 0 atom stereocenters. The lowest BCUT2D eigenvalue weighted by molar-refractivity contribution is -0.137. The maximum atomic E-state index is 12.4. The van der Waals surface area contributed by atoms with Crippen molar-refractivity contribution in [3.63, 3.8) is 0 Å². The lowest BCUT2D eigenvalue weighted by Gasteiger charge is -2.08. The Balaban J connectivity index is 1.81. The molecule has 1 aromatic heterocycles. The first-order chi connectivity index (χ1) is 11.2. The van der Waals surface area contributed by atoms with E-state index in [1.807, 2.05) is 0 Å². The molecule has 0 bridgehead atoms. The number of thioether (sulfide) groups is 1. The number of benzene rings is 1. The van der Waals surface area contributed by atoms with Crippen LogP contribution in [-0.2, 0) is 16.2 Å². The zero-order valence-corrected chi connectivity index (χ0v) is 13.8. The molecule has 0 saturated carbocycles. The van der Waals surface area contributed by atoms with E-state index in [9.17, 15) is 21.6 Å². The van der Waals surface area contributed by atoms with Gasteiger partial charge in [0.15, 0.2) is 0 Å². The van der Waals surface area contributed by atoms with Gasteiger partial charge in [0, 0.05) is 11.9 Å². The molecule has 10 heteroatoms. The Labute approximate surface area is 141 Å². The Morgan fingerprint density at radius 2 is 1.79 bits per heavy atom. The molecule has 1 aromatic carbocycles. The first-order valence-electron chi connectivity index (χ1n) is 6.58. The molecular weight excluding hydrogens is 365 g/mol. The SMILES string of the molecule is NS(=O)(=O)c1ccc(OCCSc2ccc(C(F)(F)F)cn2)cc1. The fourth-order valence-electron chi connectivity index (χ4n) is 1.66. The molecule has 0 spiro atoms. The smallest absolute Gasteiger partial charge is 0.417 e. The van der Waals surface area contributed by atoms with Crippen LogP contribution < -0.4 is 9.88 Å². The summed E-state index contributed by atoms with van der Waals surface area (Å²) >= 11 is 1.25. The van der Waals surface area contributed by atoms with Crippen molar-refractivity contribution in [2.45, 2.75) is 16.1 Å². The predicted octanol–water partition coefficient (Wildman–Crippen LogP) is 2.92. The molecule has 0 amide bonds. The summed E-state index contributed by atoms with van der Waals surface area (Å²) in [6, 6.07) is 7.88. The molecule has 0 fully saturated rings. The number of hydrogen-bond donors (Lipinski definition) is 1. The Morgan fingerprint density at radius 1 is 1.12 bits per heavy atom. The molecule has 24 heavy (non-hydrogen) atoms. The Kier molecular flexibility index (Phi) is 5.73. The van der Waals surface area contributed by atoms with E-state index < -0.39 is 21.8 Å². The number of rotatable bonds is 6. The highest BCUT2D eigenvalue weighted by Crippen LogP contribution is 2.29. The Morgan fingerprint density at radius 3 is 2.29 bits per heavy atom. The molecule has 0 aliphatic heterocycles. The van der Waals surface area contributed by atoms with Crippen molar-refractivity contribution in [2.24, 2.45) is 5.14 Å². The Bertz CT molecular complexity index is 776. The number of nitrogens with two attached hydrogens (primary N) is 1. The summed E-state index contributed by atoms with van der Waals surface area (Å²) in [6.07, 6.45) is -3.61. The molecule has 2 rings (SSSR count). The summed E-state index contributed by atoms with van der Waals surface area (Å²) < 4.78 is 64.8. The van der Waals surface area contributed by atoms with Crippen molar-refractivity contribution in [3.8, 4) is 5.75 Å². The summed E-state index contributed by atoms with van der Waals surface area (Å²) in [4.78, 5) is 3.72. The summed E-state index contributed by atoms with van der Waals surface area (Å²) in [6.45, 7) is 0.280. The standard InChI is InChI=1S/C14H13F3N2O3S2/c15-14(16,17)10-1-6-13(19-9-10)23-8-7-22-11-2-4-12(5-3-11)24(18,20)21/h1-6,9H,7-8H2,(H2,18,20,21). The minimum absolute atomic E-state index is 0.0156.